The van der Waals surface area contributed by atoms with Gasteiger partial charge in [0.15, 0.2) is 0 Å². The van der Waals surface area contributed by atoms with Crippen LogP contribution in [0, 0.1) is 5.92 Å². The maximum Gasteiger partial charge on any atom is 0.244 e. The first-order chi connectivity index (χ1) is 9.78. The van der Waals surface area contributed by atoms with Crippen molar-refractivity contribution in [2.45, 2.75) is 38.5 Å². The molecule has 4 nitrogen and oxygen atoms in total. The van der Waals surface area contributed by atoms with Crippen LogP contribution >= 0.6 is 0 Å². The predicted molar refractivity (Wildman–Crippen MR) is 79.9 cm³/mol. The standard InChI is InChI=1S/C16H22N2O2/c1-20-15-9-7-13(8-10-15)11-16(19)18-17-12-14-5-3-2-4-6-14/h7-10,12,14H,2-6,11H2,1H3,(H,18,19). The molecule has 1 aromatic carbocycles. The molecule has 0 aliphatic heterocycles. The Balaban J connectivity index is 1.75. The molecule has 0 heterocycles. The first-order valence-electron chi connectivity index (χ1n) is 7.23. The summed E-state index contributed by atoms with van der Waals surface area (Å²) in [7, 11) is 1.63. The summed E-state index contributed by atoms with van der Waals surface area (Å²) < 4.78 is 5.08. The van der Waals surface area contributed by atoms with Crippen LogP contribution in [0.2, 0.25) is 0 Å². The Morgan fingerprint density at radius 2 is 2.00 bits per heavy atom. The van der Waals surface area contributed by atoms with Crippen molar-refractivity contribution < 1.29 is 9.53 Å². The summed E-state index contributed by atoms with van der Waals surface area (Å²) in [5.41, 5.74) is 3.56. The van der Waals surface area contributed by atoms with Crippen LogP contribution in [0.3, 0.4) is 0 Å². The van der Waals surface area contributed by atoms with Crippen LogP contribution in [0.25, 0.3) is 0 Å². The molecule has 4 heteroatoms. The molecule has 0 radical (unpaired) electrons. The third-order valence-electron chi connectivity index (χ3n) is 3.65. The Hall–Kier alpha value is -1.84. The highest BCUT2D eigenvalue weighted by Crippen LogP contribution is 2.21. The minimum Gasteiger partial charge on any atom is -0.497 e. The summed E-state index contributed by atoms with van der Waals surface area (Å²) in [6.07, 6.45) is 8.49. The average Bonchev–Trinajstić information content (AvgIpc) is 2.49. The van der Waals surface area contributed by atoms with Crippen LogP contribution in [-0.4, -0.2) is 19.2 Å². The van der Waals surface area contributed by atoms with E-state index in [1.807, 2.05) is 30.5 Å². The maximum absolute atomic E-state index is 11.8. The van der Waals surface area contributed by atoms with Gasteiger partial charge in [0.2, 0.25) is 5.91 Å². The van der Waals surface area contributed by atoms with Crippen molar-refractivity contribution in [1.29, 1.82) is 0 Å². The fourth-order valence-corrected chi connectivity index (χ4v) is 2.47. The highest BCUT2D eigenvalue weighted by Gasteiger charge is 2.10. The van der Waals surface area contributed by atoms with E-state index in [2.05, 4.69) is 10.5 Å². The Morgan fingerprint density at radius 1 is 1.30 bits per heavy atom. The van der Waals surface area contributed by atoms with Gasteiger partial charge in [-0.1, -0.05) is 31.4 Å². The van der Waals surface area contributed by atoms with Crippen LogP contribution in [0.4, 0.5) is 0 Å². The van der Waals surface area contributed by atoms with Crippen LogP contribution in [0.5, 0.6) is 5.75 Å². The molecule has 1 fully saturated rings. The summed E-state index contributed by atoms with van der Waals surface area (Å²) in [5.74, 6) is 1.25. The van der Waals surface area contributed by atoms with Gasteiger partial charge in [0.25, 0.3) is 0 Å². The fourth-order valence-electron chi connectivity index (χ4n) is 2.47. The normalized spacial score (nSPS) is 16.2. The first kappa shape index (κ1) is 14.6. The molecular formula is C16H22N2O2. The number of carbonyl (C=O) groups excluding carboxylic acids is 1. The number of benzene rings is 1. The van der Waals surface area contributed by atoms with Crippen LogP contribution in [0.15, 0.2) is 29.4 Å². The molecule has 20 heavy (non-hydrogen) atoms. The molecule has 1 saturated carbocycles. The lowest BCUT2D eigenvalue weighted by atomic mass is 9.90. The number of ether oxygens (including phenoxy) is 1. The van der Waals surface area contributed by atoms with Crippen molar-refractivity contribution in [1.82, 2.24) is 5.43 Å². The van der Waals surface area contributed by atoms with Gasteiger partial charge >= 0.3 is 0 Å². The summed E-state index contributed by atoms with van der Waals surface area (Å²) in [6.45, 7) is 0. The SMILES string of the molecule is COc1ccc(CC(=O)NN=CC2CCCCC2)cc1. The smallest absolute Gasteiger partial charge is 0.244 e. The van der Waals surface area contributed by atoms with E-state index in [1.54, 1.807) is 7.11 Å². The molecule has 0 saturated heterocycles. The molecule has 2 rings (SSSR count). The summed E-state index contributed by atoms with van der Waals surface area (Å²) in [4.78, 5) is 11.8. The molecule has 0 unspecified atom stereocenters. The molecule has 1 amide bonds. The van der Waals surface area contributed by atoms with Gasteiger partial charge in [-0.15, -0.1) is 0 Å². The number of nitrogens with zero attached hydrogens (tertiary/aromatic N) is 1. The van der Waals surface area contributed by atoms with Gasteiger partial charge in [-0.25, -0.2) is 5.43 Å². The second-order valence-electron chi connectivity index (χ2n) is 5.24. The molecule has 0 spiro atoms. The Bertz CT molecular complexity index is 448. The molecule has 1 aliphatic carbocycles. The number of amides is 1. The predicted octanol–water partition coefficient (Wildman–Crippen LogP) is 2.92. The molecular weight excluding hydrogens is 252 g/mol. The second kappa shape index (κ2) is 7.68. The Kier molecular flexibility index (Phi) is 5.59. The molecule has 0 atom stereocenters. The van der Waals surface area contributed by atoms with Gasteiger partial charge in [0.1, 0.15) is 5.75 Å². The molecule has 1 aliphatic rings. The third-order valence-corrected chi connectivity index (χ3v) is 3.65. The van der Waals surface area contributed by atoms with E-state index in [4.69, 9.17) is 4.74 Å². The van der Waals surface area contributed by atoms with Crippen molar-refractivity contribution in [2.75, 3.05) is 7.11 Å². The zero-order valence-corrected chi connectivity index (χ0v) is 12.0. The number of rotatable bonds is 5. The van der Waals surface area contributed by atoms with Gasteiger partial charge in [-0.05, 0) is 36.5 Å². The molecule has 1 N–H and O–H groups in total. The number of hydrogen-bond acceptors (Lipinski definition) is 3. The fraction of sp³-hybridized carbons (Fsp3) is 0.500. The molecule has 0 aromatic heterocycles. The average molecular weight is 274 g/mol. The second-order valence-corrected chi connectivity index (χ2v) is 5.24. The molecule has 0 bridgehead atoms. The lowest BCUT2D eigenvalue weighted by Gasteiger charge is -2.16. The first-order valence-corrected chi connectivity index (χ1v) is 7.23. The molecule has 1 aromatic rings. The van der Waals surface area contributed by atoms with Gasteiger partial charge in [-0.3, -0.25) is 4.79 Å². The summed E-state index contributed by atoms with van der Waals surface area (Å²) in [6, 6.07) is 7.49. The number of methoxy groups -OCH3 is 1. The van der Waals surface area contributed by atoms with Gasteiger partial charge < -0.3 is 4.74 Å². The van der Waals surface area contributed by atoms with Crippen molar-refractivity contribution in [3.8, 4) is 5.75 Å². The Morgan fingerprint density at radius 3 is 2.65 bits per heavy atom. The lowest BCUT2D eigenvalue weighted by molar-refractivity contribution is -0.120. The third kappa shape index (κ3) is 4.68. The minimum atomic E-state index is -0.0813. The van der Waals surface area contributed by atoms with Gasteiger partial charge in [0, 0.05) is 6.21 Å². The number of hydrazone groups is 1. The van der Waals surface area contributed by atoms with E-state index in [-0.39, 0.29) is 5.91 Å². The number of carbonyl (C=O) groups is 1. The van der Waals surface area contributed by atoms with Crippen LogP contribution in [0.1, 0.15) is 37.7 Å². The molecule has 108 valence electrons. The highest BCUT2D eigenvalue weighted by atomic mass is 16.5. The van der Waals surface area contributed by atoms with E-state index >= 15 is 0 Å². The van der Waals surface area contributed by atoms with Crippen molar-refractivity contribution in [3.63, 3.8) is 0 Å². The maximum atomic E-state index is 11.8. The monoisotopic (exact) mass is 274 g/mol. The minimum absolute atomic E-state index is 0.0813. The number of hydrogen-bond donors (Lipinski definition) is 1. The largest absolute Gasteiger partial charge is 0.497 e. The highest BCUT2D eigenvalue weighted by molar-refractivity contribution is 5.79. The van der Waals surface area contributed by atoms with Crippen molar-refractivity contribution >= 4 is 12.1 Å². The number of nitrogens with one attached hydrogen (secondary N) is 1. The summed E-state index contributed by atoms with van der Waals surface area (Å²) >= 11 is 0. The van der Waals surface area contributed by atoms with E-state index in [1.165, 1.54) is 32.1 Å². The van der Waals surface area contributed by atoms with E-state index in [0.717, 1.165) is 11.3 Å². The van der Waals surface area contributed by atoms with E-state index in [0.29, 0.717) is 12.3 Å². The Labute approximate surface area is 120 Å². The van der Waals surface area contributed by atoms with E-state index in [9.17, 15) is 4.79 Å². The summed E-state index contributed by atoms with van der Waals surface area (Å²) in [5, 5.41) is 4.08. The topological polar surface area (TPSA) is 50.7 Å². The zero-order chi connectivity index (χ0) is 14.2. The van der Waals surface area contributed by atoms with Crippen molar-refractivity contribution in [2.24, 2.45) is 11.0 Å². The van der Waals surface area contributed by atoms with Crippen LogP contribution < -0.4 is 10.2 Å². The van der Waals surface area contributed by atoms with Gasteiger partial charge in [0.05, 0.1) is 13.5 Å². The van der Waals surface area contributed by atoms with E-state index < -0.39 is 0 Å². The van der Waals surface area contributed by atoms with Crippen molar-refractivity contribution in [3.05, 3.63) is 29.8 Å². The lowest BCUT2D eigenvalue weighted by Crippen LogP contribution is -2.21. The zero-order valence-electron chi connectivity index (χ0n) is 12.0. The van der Waals surface area contributed by atoms with Gasteiger partial charge in [-0.2, -0.15) is 5.10 Å². The van der Waals surface area contributed by atoms with Crippen LogP contribution in [-0.2, 0) is 11.2 Å². The quantitative estimate of drug-likeness (QED) is 0.663.